The summed E-state index contributed by atoms with van der Waals surface area (Å²) in [6.07, 6.45) is 16.0. The van der Waals surface area contributed by atoms with Crippen LogP contribution < -0.4 is 0 Å². The lowest BCUT2D eigenvalue weighted by molar-refractivity contribution is -0.147. The van der Waals surface area contributed by atoms with E-state index in [4.69, 9.17) is 20.1 Å². The quantitative estimate of drug-likeness (QED) is 0.214. The Balaban J connectivity index is 3.23. The van der Waals surface area contributed by atoms with Gasteiger partial charge in [-0.1, -0.05) is 44.3 Å². The van der Waals surface area contributed by atoms with E-state index in [1.54, 1.807) is 0 Å². The molecule has 5 heteroatoms. The molecule has 0 aromatic heterocycles. The van der Waals surface area contributed by atoms with E-state index in [1.165, 1.54) is 25.7 Å². The summed E-state index contributed by atoms with van der Waals surface area (Å²) in [5.74, 6) is -0.301. The predicted octanol–water partition coefficient (Wildman–Crippen LogP) is 3.11. The summed E-state index contributed by atoms with van der Waals surface area (Å²) in [6, 6.07) is 0. The minimum atomic E-state index is -0.970. The molecule has 0 bridgehead atoms. The highest BCUT2D eigenvalue weighted by Gasteiger charge is 2.07. The van der Waals surface area contributed by atoms with Crippen molar-refractivity contribution in [3.05, 3.63) is 12.2 Å². The highest BCUT2D eigenvalue weighted by molar-refractivity contribution is 5.69. The lowest BCUT2D eigenvalue weighted by Crippen LogP contribution is -2.21. The highest BCUT2D eigenvalue weighted by atomic mass is 16.5. The van der Waals surface area contributed by atoms with Crippen molar-refractivity contribution in [3.63, 3.8) is 0 Å². The summed E-state index contributed by atoms with van der Waals surface area (Å²) in [5, 5.41) is 26.3. The van der Waals surface area contributed by atoms with E-state index in [-0.39, 0.29) is 19.2 Å². The first kappa shape index (κ1) is 23.1. The Kier molecular flexibility index (Phi) is 17.7. The van der Waals surface area contributed by atoms with Crippen LogP contribution in [0.4, 0.5) is 0 Å². The molecule has 0 aliphatic carbocycles. The molecule has 0 saturated carbocycles. The van der Waals surface area contributed by atoms with E-state index < -0.39 is 6.10 Å². The third-order valence-corrected chi connectivity index (χ3v) is 3.84. The molecule has 1 atom stereocenters. The molecule has 5 nitrogen and oxygen atoms in total. The van der Waals surface area contributed by atoms with Crippen LogP contribution in [0, 0.1) is 0 Å². The van der Waals surface area contributed by atoms with Gasteiger partial charge in [-0.3, -0.25) is 4.79 Å². The van der Waals surface area contributed by atoms with Gasteiger partial charge in [-0.25, -0.2) is 0 Å². The van der Waals surface area contributed by atoms with Gasteiger partial charge in [0.25, 0.3) is 0 Å². The fourth-order valence-electron chi connectivity index (χ4n) is 2.34. The third kappa shape index (κ3) is 17.4. The van der Waals surface area contributed by atoms with Gasteiger partial charge in [-0.15, -0.1) is 0 Å². The van der Waals surface area contributed by atoms with E-state index in [0.29, 0.717) is 13.0 Å². The lowest BCUT2D eigenvalue weighted by atomic mass is 10.1. The Morgan fingerprint density at radius 3 is 1.96 bits per heavy atom. The maximum Gasteiger partial charge on any atom is 0.305 e. The number of rotatable bonds is 17. The van der Waals surface area contributed by atoms with Gasteiger partial charge in [0.15, 0.2) is 0 Å². The first-order valence-electron chi connectivity index (χ1n) is 9.41. The van der Waals surface area contributed by atoms with Gasteiger partial charge in [-0.2, -0.15) is 0 Å². The Morgan fingerprint density at radius 2 is 1.38 bits per heavy atom. The van der Waals surface area contributed by atoms with Crippen molar-refractivity contribution in [1.82, 2.24) is 0 Å². The van der Waals surface area contributed by atoms with Crippen LogP contribution in [-0.2, 0) is 9.53 Å². The zero-order valence-corrected chi connectivity index (χ0v) is 15.0. The Bertz CT molecular complexity index is 304. The Morgan fingerprint density at radius 1 is 0.833 bits per heavy atom. The van der Waals surface area contributed by atoms with Crippen molar-refractivity contribution in [2.24, 2.45) is 0 Å². The lowest BCUT2D eigenvalue weighted by Gasteiger charge is -2.08. The summed E-state index contributed by atoms with van der Waals surface area (Å²) < 4.78 is 4.84. The molecule has 0 aliphatic rings. The summed E-state index contributed by atoms with van der Waals surface area (Å²) in [4.78, 5) is 11.3. The summed E-state index contributed by atoms with van der Waals surface area (Å²) in [5.41, 5.74) is 0. The minimum Gasteiger partial charge on any atom is -0.463 e. The van der Waals surface area contributed by atoms with E-state index in [2.05, 4.69) is 12.2 Å². The van der Waals surface area contributed by atoms with Gasteiger partial charge >= 0.3 is 5.97 Å². The number of unbranched alkanes of at least 4 members (excludes halogenated alkanes) is 9. The third-order valence-electron chi connectivity index (χ3n) is 3.84. The molecular weight excluding hydrogens is 308 g/mol. The number of hydrogen-bond acceptors (Lipinski definition) is 5. The fraction of sp³-hybridized carbons (Fsp3) is 0.842. The number of aliphatic hydroxyl groups is 3. The largest absolute Gasteiger partial charge is 0.463 e. The molecule has 0 aromatic carbocycles. The number of aliphatic hydroxyl groups excluding tert-OH is 3. The molecule has 0 rings (SSSR count). The molecule has 24 heavy (non-hydrogen) atoms. The van der Waals surface area contributed by atoms with Gasteiger partial charge in [0.2, 0.25) is 0 Å². The first-order chi connectivity index (χ1) is 11.7. The average Bonchev–Trinajstić information content (AvgIpc) is 2.59. The topological polar surface area (TPSA) is 87.0 Å². The van der Waals surface area contributed by atoms with E-state index in [0.717, 1.165) is 44.9 Å². The first-order valence-corrected chi connectivity index (χ1v) is 9.41. The maximum absolute atomic E-state index is 11.3. The summed E-state index contributed by atoms with van der Waals surface area (Å²) in [6.45, 7) is -0.196. The predicted molar refractivity (Wildman–Crippen MR) is 95.7 cm³/mol. The molecular formula is C19H36O5. The number of carbonyl (C=O) groups is 1. The van der Waals surface area contributed by atoms with Crippen LogP contribution in [0.15, 0.2) is 12.2 Å². The number of allylic oxidation sites excluding steroid dienone is 2. The monoisotopic (exact) mass is 344 g/mol. The molecule has 0 spiro atoms. The summed E-state index contributed by atoms with van der Waals surface area (Å²) in [7, 11) is 0. The zero-order valence-electron chi connectivity index (χ0n) is 15.0. The van der Waals surface area contributed by atoms with Crippen LogP contribution >= 0.6 is 0 Å². The van der Waals surface area contributed by atoms with Crippen molar-refractivity contribution in [2.75, 3.05) is 19.8 Å². The second kappa shape index (κ2) is 18.4. The van der Waals surface area contributed by atoms with Crippen LogP contribution in [0.5, 0.6) is 0 Å². The standard InChI is InChI=1S/C19H36O5/c20-15-13-11-9-7-5-3-1-2-4-6-8-10-12-14-19(23)24-17-18(22)16-21/h1,3,18,20-22H,2,4-17H2/b3-1-/t18-/m1/s1. The van der Waals surface area contributed by atoms with E-state index in [1.807, 2.05) is 0 Å². The molecule has 0 saturated heterocycles. The smallest absolute Gasteiger partial charge is 0.305 e. The normalized spacial score (nSPS) is 12.6. The van der Waals surface area contributed by atoms with Gasteiger partial charge in [0.1, 0.15) is 12.7 Å². The minimum absolute atomic E-state index is 0.122. The van der Waals surface area contributed by atoms with Gasteiger partial charge in [0.05, 0.1) is 6.61 Å². The van der Waals surface area contributed by atoms with Crippen molar-refractivity contribution < 1.29 is 24.9 Å². The SMILES string of the molecule is O=C(CCCCCCC/C=C\CCCCCCO)OC[C@H](O)CO. The van der Waals surface area contributed by atoms with Crippen LogP contribution in [-0.4, -0.2) is 47.2 Å². The van der Waals surface area contributed by atoms with Crippen molar-refractivity contribution in [2.45, 2.75) is 83.2 Å². The highest BCUT2D eigenvalue weighted by Crippen LogP contribution is 2.09. The Labute approximate surface area is 146 Å². The molecule has 0 unspecified atom stereocenters. The molecule has 0 aliphatic heterocycles. The number of ether oxygens (including phenoxy) is 1. The second-order valence-electron chi connectivity index (χ2n) is 6.22. The molecule has 0 amide bonds. The summed E-state index contributed by atoms with van der Waals surface area (Å²) >= 11 is 0. The van der Waals surface area contributed by atoms with Crippen LogP contribution in [0.3, 0.4) is 0 Å². The number of hydrogen-bond donors (Lipinski definition) is 3. The molecule has 142 valence electrons. The zero-order chi connectivity index (χ0) is 17.9. The van der Waals surface area contributed by atoms with Gasteiger partial charge in [-0.05, 0) is 38.5 Å². The molecule has 0 aromatic rings. The fourth-order valence-corrected chi connectivity index (χ4v) is 2.34. The van der Waals surface area contributed by atoms with Crippen LogP contribution in [0.25, 0.3) is 0 Å². The number of carbonyl (C=O) groups excluding carboxylic acids is 1. The average molecular weight is 344 g/mol. The van der Waals surface area contributed by atoms with Crippen LogP contribution in [0.1, 0.15) is 77.0 Å². The molecule has 0 fully saturated rings. The molecule has 0 radical (unpaired) electrons. The maximum atomic E-state index is 11.3. The van der Waals surface area contributed by atoms with Crippen molar-refractivity contribution in [3.8, 4) is 0 Å². The number of esters is 1. The van der Waals surface area contributed by atoms with Crippen molar-refractivity contribution in [1.29, 1.82) is 0 Å². The van der Waals surface area contributed by atoms with E-state index >= 15 is 0 Å². The Hall–Kier alpha value is -0.910. The molecule has 3 N–H and O–H groups in total. The van der Waals surface area contributed by atoms with Crippen LogP contribution in [0.2, 0.25) is 0 Å². The van der Waals surface area contributed by atoms with Gasteiger partial charge in [0, 0.05) is 13.0 Å². The van der Waals surface area contributed by atoms with E-state index in [9.17, 15) is 4.79 Å². The second-order valence-corrected chi connectivity index (χ2v) is 6.22. The van der Waals surface area contributed by atoms with Crippen molar-refractivity contribution >= 4 is 5.97 Å². The van der Waals surface area contributed by atoms with Gasteiger partial charge < -0.3 is 20.1 Å². The molecule has 0 heterocycles.